The SMILES string of the molecule is Cc1nn2c(=O)cc(CSc3nc4ccccc4c(=O)n3C3CCCC3)nc2s1. The molecule has 1 aliphatic carbocycles. The van der Waals surface area contributed by atoms with Crippen LogP contribution in [0.15, 0.2) is 45.1 Å². The molecule has 7 nitrogen and oxygen atoms in total. The average Bonchev–Trinajstić information content (AvgIpc) is 3.36. The molecule has 0 amide bonds. The maximum atomic E-state index is 13.2. The van der Waals surface area contributed by atoms with Crippen molar-refractivity contribution in [3.63, 3.8) is 0 Å². The Balaban J connectivity index is 1.55. The Morgan fingerprint density at radius 1 is 1.17 bits per heavy atom. The Labute approximate surface area is 174 Å². The van der Waals surface area contributed by atoms with Crippen LogP contribution in [0.25, 0.3) is 15.9 Å². The third-order valence-corrected chi connectivity index (χ3v) is 7.02. The van der Waals surface area contributed by atoms with Crippen molar-refractivity contribution >= 4 is 39.0 Å². The van der Waals surface area contributed by atoms with Crippen LogP contribution in [0, 0.1) is 6.92 Å². The first-order valence-electron chi connectivity index (χ1n) is 9.60. The second kappa shape index (κ2) is 7.38. The summed E-state index contributed by atoms with van der Waals surface area (Å²) in [6, 6.07) is 9.18. The molecule has 0 saturated heterocycles. The maximum Gasteiger partial charge on any atom is 0.275 e. The number of para-hydroxylation sites is 1. The summed E-state index contributed by atoms with van der Waals surface area (Å²) in [4.78, 5) is 35.5. The summed E-state index contributed by atoms with van der Waals surface area (Å²) >= 11 is 2.86. The van der Waals surface area contributed by atoms with Crippen molar-refractivity contribution in [2.45, 2.75) is 49.6 Å². The minimum absolute atomic E-state index is 0.0200. The van der Waals surface area contributed by atoms with E-state index in [0.29, 0.717) is 32.5 Å². The highest BCUT2D eigenvalue weighted by Gasteiger charge is 2.23. The lowest BCUT2D eigenvalue weighted by Crippen LogP contribution is -2.26. The van der Waals surface area contributed by atoms with Crippen molar-refractivity contribution in [1.82, 2.24) is 24.1 Å². The molecule has 0 N–H and O–H groups in total. The maximum absolute atomic E-state index is 13.2. The molecule has 0 aliphatic heterocycles. The van der Waals surface area contributed by atoms with Crippen molar-refractivity contribution in [3.8, 4) is 0 Å². The molecule has 1 fully saturated rings. The first-order valence-corrected chi connectivity index (χ1v) is 11.4. The minimum atomic E-state index is -0.186. The monoisotopic (exact) mass is 425 g/mol. The fourth-order valence-corrected chi connectivity index (χ4v) is 5.60. The number of hydrogen-bond donors (Lipinski definition) is 0. The van der Waals surface area contributed by atoms with Crippen molar-refractivity contribution in [3.05, 3.63) is 61.7 Å². The summed E-state index contributed by atoms with van der Waals surface area (Å²) < 4.78 is 3.19. The number of nitrogens with zero attached hydrogens (tertiary/aromatic N) is 5. The number of benzene rings is 1. The van der Waals surface area contributed by atoms with Crippen LogP contribution in [0.5, 0.6) is 0 Å². The van der Waals surface area contributed by atoms with Crippen molar-refractivity contribution in [2.24, 2.45) is 0 Å². The third-order valence-electron chi connectivity index (χ3n) is 5.21. The Hall–Kier alpha value is -2.52. The summed E-state index contributed by atoms with van der Waals surface area (Å²) in [5.74, 6) is 0.472. The standard InChI is InChI=1S/C20H19N5O2S2/c1-12-23-25-17(26)10-13(21-20(25)29-12)11-28-19-22-16-9-5-4-8-15(16)18(27)24(19)14-6-2-3-7-14/h4-5,8-10,14H,2-3,6-7,11H2,1H3. The van der Waals surface area contributed by atoms with Gasteiger partial charge in [-0.15, -0.1) is 0 Å². The molecule has 0 bridgehead atoms. The highest BCUT2D eigenvalue weighted by Crippen LogP contribution is 2.32. The average molecular weight is 426 g/mol. The number of hydrogen-bond acceptors (Lipinski definition) is 7. The van der Waals surface area contributed by atoms with E-state index < -0.39 is 0 Å². The molecule has 0 atom stereocenters. The smallest absolute Gasteiger partial charge is 0.275 e. The van der Waals surface area contributed by atoms with E-state index in [2.05, 4.69) is 10.1 Å². The third kappa shape index (κ3) is 3.38. The van der Waals surface area contributed by atoms with Crippen LogP contribution < -0.4 is 11.1 Å². The van der Waals surface area contributed by atoms with E-state index in [1.54, 1.807) is 0 Å². The normalized spacial score (nSPS) is 14.9. The van der Waals surface area contributed by atoms with Crippen LogP contribution in [0.3, 0.4) is 0 Å². The lowest BCUT2D eigenvalue weighted by Gasteiger charge is -2.18. The Morgan fingerprint density at radius 2 is 1.97 bits per heavy atom. The van der Waals surface area contributed by atoms with Crippen LogP contribution in [-0.4, -0.2) is 24.1 Å². The molecule has 1 aromatic carbocycles. The summed E-state index contributed by atoms with van der Waals surface area (Å²) in [6.07, 6.45) is 4.26. The van der Waals surface area contributed by atoms with E-state index in [0.717, 1.165) is 30.7 Å². The summed E-state index contributed by atoms with van der Waals surface area (Å²) in [7, 11) is 0. The first kappa shape index (κ1) is 18.5. The van der Waals surface area contributed by atoms with Gasteiger partial charge in [-0.2, -0.15) is 9.61 Å². The van der Waals surface area contributed by atoms with Crippen LogP contribution in [0.1, 0.15) is 42.4 Å². The van der Waals surface area contributed by atoms with Crippen molar-refractivity contribution < 1.29 is 0 Å². The van der Waals surface area contributed by atoms with Gasteiger partial charge in [0.2, 0.25) is 4.96 Å². The van der Waals surface area contributed by atoms with E-state index in [4.69, 9.17) is 4.98 Å². The number of thioether (sulfide) groups is 1. The highest BCUT2D eigenvalue weighted by molar-refractivity contribution is 7.98. The summed E-state index contributed by atoms with van der Waals surface area (Å²) in [5.41, 5.74) is 1.21. The number of aryl methyl sites for hydroxylation is 1. The Morgan fingerprint density at radius 3 is 2.79 bits per heavy atom. The van der Waals surface area contributed by atoms with Gasteiger partial charge in [-0.1, -0.05) is 48.1 Å². The Bertz CT molecular complexity index is 1330. The van der Waals surface area contributed by atoms with Gasteiger partial charge in [-0.05, 0) is 31.9 Å². The number of aromatic nitrogens is 5. The lowest BCUT2D eigenvalue weighted by molar-refractivity contribution is 0.457. The molecular weight excluding hydrogens is 406 g/mol. The Kier molecular flexibility index (Phi) is 4.71. The molecule has 3 aromatic heterocycles. The van der Waals surface area contributed by atoms with E-state index >= 15 is 0 Å². The van der Waals surface area contributed by atoms with Gasteiger partial charge in [0.25, 0.3) is 11.1 Å². The van der Waals surface area contributed by atoms with Gasteiger partial charge in [-0.25, -0.2) is 9.97 Å². The molecule has 0 unspecified atom stereocenters. The molecule has 29 heavy (non-hydrogen) atoms. The van der Waals surface area contributed by atoms with Gasteiger partial charge in [0.05, 0.1) is 16.6 Å². The first-order chi connectivity index (χ1) is 14.1. The fourth-order valence-electron chi connectivity index (χ4n) is 3.88. The second-order valence-corrected chi connectivity index (χ2v) is 9.32. The van der Waals surface area contributed by atoms with Gasteiger partial charge in [-0.3, -0.25) is 14.2 Å². The van der Waals surface area contributed by atoms with Gasteiger partial charge >= 0.3 is 0 Å². The lowest BCUT2D eigenvalue weighted by atomic mass is 10.2. The fraction of sp³-hybridized carbons (Fsp3) is 0.350. The molecule has 1 aliphatic rings. The number of fused-ring (bicyclic) bond motifs is 2. The predicted octanol–water partition coefficient (Wildman–Crippen LogP) is 3.58. The van der Waals surface area contributed by atoms with Gasteiger partial charge in [0.1, 0.15) is 5.01 Å². The van der Waals surface area contributed by atoms with E-state index in [1.807, 2.05) is 35.8 Å². The quantitative estimate of drug-likeness (QED) is 0.367. The van der Waals surface area contributed by atoms with Crippen molar-refractivity contribution in [1.29, 1.82) is 0 Å². The molecule has 0 spiro atoms. The molecule has 0 radical (unpaired) electrons. The van der Waals surface area contributed by atoms with Crippen LogP contribution in [0.2, 0.25) is 0 Å². The highest BCUT2D eigenvalue weighted by atomic mass is 32.2. The van der Waals surface area contributed by atoms with Crippen LogP contribution >= 0.6 is 23.1 Å². The van der Waals surface area contributed by atoms with Crippen LogP contribution in [0.4, 0.5) is 0 Å². The summed E-state index contributed by atoms with van der Waals surface area (Å²) in [5, 5.41) is 6.33. The van der Waals surface area contributed by atoms with E-state index in [9.17, 15) is 9.59 Å². The topological polar surface area (TPSA) is 82.2 Å². The molecule has 4 aromatic rings. The molecular formula is C20H19N5O2S2. The minimum Gasteiger partial charge on any atom is -0.284 e. The number of rotatable bonds is 4. The summed E-state index contributed by atoms with van der Waals surface area (Å²) in [6.45, 7) is 1.85. The largest absolute Gasteiger partial charge is 0.284 e. The van der Waals surface area contributed by atoms with Crippen molar-refractivity contribution in [2.75, 3.05) is 0 Å². The molecule has 1 saturated carbocycles. The molecule has 3 heterocycles. The predicted molar refractivity (Wildman–Crippen MR) is 115 cm³/mol. The van der Waals surface area contributed by atoms with E-state index in [1.165, 1.54) is 33.7 Å². The van der Waals surface area contributed by atoms with Gasteiger partial charge in [0, 0.05) is 17.9 Å². The molecule has 148 valence electrons. The van der Waals surface area contributed by atoms with Crippen LogP contribution in [-0.2, 0) is 5.75 Å². The molecule has 5 rings (SSSR count). The zero-order valence-corrected chi connectivity index (χ0v) is 17.5. The second-order valence-electron chi connectivity index (χ2n) is 7.21. The zero-order valence-electron chi connectivity index (χ0n) is 15.9. The molecule has 9 heteroatoms. The van der Waals surface area contributed by atoms with Gasteiger partial charge in [0.15, 0.2) is 5.16 Å². The zero-order chi connectivity index (χ0) is 20.0. The van der Waals surface area contributed by atoms with Gasteiger partial charge < -0.3 is 0 Å². The van der Waals surface area contributed by atoms with E-state index in [-0.39, 0.29) is 17.2 Å².